The minimum atomic E-state index is 0.136. The van der Waals surface area contributed by atoms with Crippen LogP contribution in [0.3, 0.4) is 0 Å². The van der Waals surface area contributed by atoms with Crippen LogP contribution in [0.1, 0.15) is 22.8 Å². The highest BCUT2D eigenvalue weighted by Gasteiger charge is 2.22. The topological polar surface area (TPSA) is 32.3 Å². The molecule has 0 bridgehead atoms. The Balaban J connectivity index is 2.22. The maximum absolute atomic E-state index is 12.4. The lowest BCUT2D eigenvalue weighted by Gasteiger charge is -2.32. The third-order valence-corrected chi connectivity index (χ3v) is 4.01. The van der Waals surface area contributed by atoms with Gasteiger partial charge in [-0.3, -0.25) is 4.79 Å². The molecule has 1 fully saturated rings. The standard InChI is InChI=1S/C13H17BrN2O/c1-9-8-16(7-6-15-9)13(17)11-4-3-5-12(14)10(11)2/h3-5,9,15H,6-8H2,1-2H3. The van der Waals surface area contributed by atoms with Crippen LogP contribution in [0.2, 0.25) is 0 Å². The number of amides is 1. The van der Waals surface area contributed by atoms with Gasteiger partial charge in [-0.05, 0) is 31.5 Å². The van der Waals surface area contributed by atoms with E-state index in [1.807, 2.05) is 30.0 Å². The predicted molar refractivity (Wildman–Crippen MR) is 72.2 cm³/mol. The van der Waals surface area contributed by atoms with Crippen molar-refractivity contribution in [1.29, 1.82) is 0 Å². The van der Waals surface area contributed by atoms with E-state index in [2.05, 4.69) is 28.2 Å². The molecule has 1 aliphatic rings. The zero-order valence-electron chi connectivity index (χ0n) is 10.2. The number of nitrogens with one attached hydrogen (secondary N) is 1. The fourth-order valence-corrected chi connectivity index (χ4v) is 2.49. The van der Waals surface area contributed by atoms with Crippen molar-refractivity contribution in [2.45, 2.75) is 19.9 Å². The van der Waals surface area contributed by atoms with Crippen LogP contribution in [0.4, 0.5) is 0 Å². The maximum Gasteiger partial charge on any atom is 0.254 e. The Hall–Kier alpha value is -0.870. The first kappa shape index (κ1) is 12.6. The van der Waals surface area contributed by atoms with Crippen molar-refractivity contribution in [1.82, 2.24) is 10.2 Å². The molecule has 1 atom stereocenters. The zero-order chi connectivity index (χ0) is 12.4. The van der Waals surface area contributed by atoms with Gasteiger partial charge in [0.15, 0.2) is 0 Å². The SMILES string of the molecule is Cc1c(Br)cccc1C(=O)N1CCNC(C)C1. The summed E-state index contributed by atoms with van der Waals surface area (Å²) >= 11 is 3.47. The Bertz CT molecular complexity index is 433. The number of carbonyl (C=O) groups excluding carboxylic acids is 1. The molecule has 0 saturated carbocycles. The lowest BCUT2D eigenvalue weighted by molar-refractivity contribution is 0.0708. The summed E-state index contributed by atoms with van der Waals surface area (Å²) in [6, 6.07) is 6.15. The number of nitrogens with zero attached hydrogens (tertiary/aromatic N) is 1. The summed E-state index contributed by atoms with van der Waals surface area (Å²) in [5, 5.41) is 3.34. The molecule has 17 heavy (non-hydrogen) atoms. The monoisotopic (exact) mass is 296 g/mol. The van der Waals surface area contributed by atoms with Gasteiger partial charge in [0, 0.05) is 35.7 Å². The van der Waals surface area contributed by atoms with E-state index in [0.29, 0.717) is 6.04 Å². The molecule has 0 aromatic heterocycles. The van der Waals surface area contributed by atoms with Crippen LogP contribution in [0, 0.1) is 6.92 Å². The van der Waals surface area contributed by atoms with Gasteiger partial charge in [-0.2, -0.15) is 0 Å². The largest absolute Gasteiger partial charge is 0.336 e. The number of hydrogen-bond donors (Lipinski definition) is 1. The molecule has 1 aromatic carbocycles. The fourth-order valence-electron chi connectivity index (χ4n) is 2.13. The molecule has 0 spiro atoms. The van der Waals surface area contributed by atoms with Gasteiger partial charge in [0.2, 0.25) is 0 Å². The van der Waals surface area contributed by atoms with Crippen LogP contribution < -0.4 is 5.32 Å². The highest BCUT2D eigenvalue weighted by molar-refractivity contribution is 9.10. The second-order valence-electron chi connectivity index (χ2n) is 4.52. The van der Waals surface area contributed by atoms with Crippen molar-refractivity contribution in [3.63, 3.8) is 0 Å². The van der Waals surface area contributed by atoms with Crippen molar-refractivity contribution in [3.05, 3.63) is 33.8 Å². The number of carbonyl (C=O) groups is 1. The van der Waals surface area contributed by atoms with Gasteiger partial charge in [-0.1, -0.05) is 22.0 Å². The first-order chi connectivity index (χ1) is 8.09. The van der Waals surface area contributed by atoms with Crippen LogP contribution in [-0.4, -0.2) is 36.5 Å². The van der Waals surface area contributed by atoms with Crippen LogP contribution in [0.5, 0.6) is 0 Å². The summed E-state index contributed by atoms with van der Waals surface area (Å²) < 4.78 is 0.992. The van der Waals surface area contributed by atoms with Gasteiger partial charge in [0.25, 0.3) is 5.91 Å². The highest BCUT2D eigenvalue weighted by atomic mass is 79.9. The van der Waals surface area contributed by atoms with Crippen molar-refractivity contribution in [2.75, 3.05) is 19.6 Å². The Labute approximate surface area is 110 Å². The van der Waals surface area contributed by atoms with E-state index in [1.54, 1.807) is 0 Å². The molecule has 0 aliphatic carbocycles. The van der Waals surface area contributed by atoms with Gasteiger partial charge in [-0.15, -0.1) is 0 Å². The summed E-state index contributed by atoms with van der Waals surface area (Å²) in [5.41, 5.74) is 1.82. The van der Waals surface area contributed by atoms with Gasteiger partial charge < -0.3 is 10.2 Å². The molecule has 1 aliphatic heterocycles. The third-order valence-electron chi connectivity index (χ3n) is 3.15. The van der Waals surface area contributed by atoms with Gasteiger partial charge in [0.1, 0.15) is 0 Å². The van der Waals surface area contributed by atoms with E-state index in [4.69, 9.17) is 0 Å². The van der Waals surface area contributed by atoms with Crippen LogP contribution >= 0.6 is 15.9 Å². The van der Waals surface area contributed by atoms with Gasteiger partial charge >= 0.3 is 0 Å². The van der Waals surface area contributed by atoms with E-state index >= 15 is 0 Å². The van der Waals surface area contributed by atoms with Crippen LogP contribution in [-0.2, 0) is 0 Å². The number of benzene rings is 1. The second kappa shape index (κ2) is 5.19. The van der Waals surface area contributed by atoms with Crippen molar-refractivity contribution in [2.24, 2.45) is 0 Å². The normalized spacial score (nSPS) is 20.4. The van der Waals surface area contributed by atoms with Gasteiger partial charge in [-0.25, -0.2) is 0 Å². The zero-order valence-corrected chi connectivity index (χ0v) is 11.8. The first-order valence-corrected chi connectivity index (χ1v) is 6.66. The van der Waals surface area contributed by atoms with Gasteiger partial charge in [0.05, 0.1) is 0 Å². The molecule has 4 heteroatoms. The summed E-state index contributed by atoms with van der Waals surface area (Å²) in [4.78, 5) is 14.3. The van der Waals surface area contributed by atoms with E-state index in [9.17, 15) is 4.79 Å². The predicted octanol–water partition coefficient (Wildman–Crippen LogP) is 2.19. The molecule has 1 saturated heterocycles. The molecular formula is C13H17BrN2O. The lowest BCUT2D eigenvalue weighted by atomic mass is 10.1. The second-order valence-corrected chi connectivity index (χ2v) is 5.37. The van der Waals surface area contributed by atoms with Crippen molar-refractivity contribution >= 4 is 21.8 Å². The Morgan fingerprint density at radius 1 is 1.53 bits per heavy atom. The molecule has 1 aromatic rings. The summed E-state index contributed by atoms with van der Waals surface area (Å²) in [7, 11) is 0. The lowest BCUT2D eigenvalue weighted by Crippen LogP contribution is -2.51. The summed E-state index contributed by atoms with van der Waals surface area (Å²) in [6.45, 7) is 6.52. The Kier molecular flexibility index (Phi) is 3.84. The van der Waals surface area contributed by atoms with Crippen LogP contribution in [0.25, 0.3) is 0 Å². The highest BCUT2D eigenvalue weighted by Crippen LogP contribution is 2.21. The Morgan fingerprint density at radius 3 is 3.00 bits per heavy atom. The quantitative estimate of drug-likeness (QED) is 0.862. The minimum Gasteiger partial charge on any atom is -0.336 e. The number of hydrogen-bond acceptors (Lipinski definition) is 2. The molecule has 1 heterocycles. The third kappa shape index (κ3) is 2.69. The average Bonchev–Trinajstić information content (AvgIpc) is 2.32. The smallest absolute Gasteiger partial charge is 0.254 e. The van der Waals surface area contributed by atoms with Crippen LogP contribution in [0.15, 0.2) is 22.7 Å². The molecule has 0 radical (unpaired) electrons. The van der Waals surface area contributed by atoms with E-state index in [1.165, 1.54) is 0 Å². The summed E-state index contributed by atoms with van der Waals surface area (Å²) in [5.74, 6) is 0.136. The molecule has 3 nitrogen and oxygen atoms in total. The summed E-state index contributed by atoms with van der Waals surface area (Å²) in [6.07, 6.45) is 0. The number of rotatable bonds is 1. The minimum absolute atomic E-state index is 0.136. The number of piperazine rings is 1. The van der Waals surface area contributed by atoms with Crippen molar-refractivity contribution < 1.29 is 4.79 Å². The Morgan fingerprint density at radius 2 is 2.29 bits per heavy atom. The molecule has 1 unspecified atom stereocenters. The maximum atomic E-state index is 12.4. The molecule has 1 amide bonds. The van der Waals surface area contributed by atoms with E-state index in [0.717, 1.165) is 35.2 Å². The van der Waals surface area contributed by atoms with E-state index in [-0.39, 0.29) is 5.91 Å². The molecule has 92 valence electrons. The number of halogens is 1. The molecular weight excluding hydrogens is 280 g/mol. The average molecular weight is 297 g/mol. The molecule has 1 N–H and O–H groups in total. The first-order valence-electron chi connectivity index (χ1n) is 5.87. The van der Waals surface area contributed by atoms with E-state index < -0.39 is 0 Å². The fraction of sp³-hybridized carbons (Fsp3) is 0.462. The molecule has 2 rings (SSSR count). The van der Waals surface area contributed by atoms with Crippen molar-refractivity contribution in [3.8, 4) is 0 Å².